The fourth-order valence-corrected chi connectivity index (χ4v) is 4.38. The van der Waals surface area contributed by atoms with Crippen molar-refractivity contribution in [2.24, 2.45) is 5.10 Å². The number of benzene rings is 3. The Morgan fingerprint density at radius 3 is 2.69 bits per heavy atom. The molecule has 4 rings (SSSR count). The molecule has 0 atom stereocenters. The molecule has 0 saturated heterocycles. The molecular formula is C24H19BrClN3O2S. The Labute approximate surface area is 203 Å². The molecule has 1 aromatic heterocycles. The number of hydrogen-bond donors (Lipinski definition) is 1. The number of hydrazone groups is 1. The molecule has 3 aromatic carbocycles. The van der Waals surface area contributed by atoms with Crippen molar-refractivity contribution in [3.8, 4) is 22.8 Å². The van der Waals surface area contributed by atoms with Crippen molar-refractivity contribution in [1.82, 2.24) is 4.98 Å². The maximum atomic E-state index is 6.22. The molecule has 1 heterocycles. The van der Waals surface area contributed by atoms with Crippen molar-refractivity contribution in [3.63, 3.8) is 0 Å². The van der Waals surface area contributed by atoms with Crippen LogP contribution in [-0.2, 0) is 6.61 Å². The minimum atomic E-state index is 0.331. The number of hydrogen-bond acceptors (Lipinski definition) is 6. The van der Waals surface area contributed by atoms with Crippen LogP contribution in [0.15, 0.2) is 81.7 Å². The van der Waals surface area contributed by atoms with E-state index in [4.69, 9.17) is 21.1 Å². The normalized spacial score (nSPS) is 11.0. The molecule has 0 spiro atoms. The molecular weight excluding hydrogens is 510 g/mol. The van der Waals surface area contributed by atoms with Crippen LogP contribution in [0, 0.1) is 0 Å². The van der Waals surface area contributed by atoms with E-state index >= 15 is 0 Å². The molecule has 0 aliphatic heterocycles. The highest BCUT2D eigenvalue weighted by molar-refractivity contribution is 9.10. The summed E-state index contributed by atoms with van der Waals surface area (Å²) in [6.45, 7) is 0.331. The Kier molecular flexibility index (Phi) is 7.42. The second-order valence-corrected chi connectivity index (χ2v) is 8.81. The Morgan fingerprint density at radius 2 is 1.91 bits per heavy atom. The van der Waals surface area contributed by atoms with Crippen LogP contribution in [0.4, 0.5) is 5.13 Å². The van der Waals surface area contributed by atoms with Gasteiger partial charge in [0.2, 0.25) is 5.13 Å². The molecule has 0 amide bonds. The number of methoxy groups -OCH3 is 1. The molecule has 0 aliphatic carbocycles. The van der Waals surface area contributed by atoms with Crippen LogP contribution < -0.4 is 14.9 Å². The standard InChI is InChI=1S/C24H19BrClN3O2S/c1-30-22-12-16(11-19(25)23(22)31-14-18-9-5-6-10-20(18)26)13-27-29-24-28-21(15-32-24)17-7-3-2-4-8-17/h2-13,15H,14H2,1H3,(H,28,29). The van der Waals surface area contributed by atoms with Gasteiger partial charge in [0.15, 0.2) is 11.5 Å². The quantitative estimate of drug-likeness (QED) is 0.193. The summed E-state index contributed by atoms with van der Waals surface area (Å²) < 4.78 is 12.3. The predicted molar refractivity (Wildman–Crippen MR) is 135 cm³/mol. The van der Waals surface area contributed by atoms with Gasteiger partial charge in [-0.25, -0.2) is 4.98 Å². The largest absolute Gasteiger partial charge is 0.493 e. The maximum absolute atomic E-state index is 6.22. The van der Waals surface area contributed by atoms with Gasteiger partial charge in [0.05, 0.1) is 23.5 Å². The van der Waals surface area contributed by atoms with Crippen molar-refractivity contribution in [3.05, 3.63) is 92.7 Å². The minimum Gasteiger partial charge on any atom is -0.493 e. The van der Waals surface area contributed by atoms with Gasteiger partial charge >= 0.3 is 0 Å². The number of aromatic nitrogens is 1. The highest BCUT2D eigenvalue weighted by Gasteiger charge is 2.12. The highest BCUT2D eigenvalue weighted by Crippen LogP contribution is 2.37. The van der Waals surface area contributed by atoms with Crippen LogP contribution in [0.1, 0.15) is 11.1 Å². The lowest BCUT2D eigenvalue weighted by Gasteiger charge is -2.14. The molecule has 5 nitrogen and oxygen atoms in total. The van der Waals surface area contributed by atoms with E-state index in [1.807, 2.05) is 72.1 Å². The van der Waals surface area contributed by atoms with E-state index in [-0.39, 0.29) is 0 Å². The van der Waals surface area contributed by atoms with Crippen molar-refractivity contribution >= 4 is 50.2 Å². The third kappa shape index (κ3) is 5.48. The van der Waals surface area contributed by atoms with Crippen molar-refractivity contribution in [1.29, 1.82) is 0 Å². The summed E-state index contributed by atoms with van der Waals surface area (Å²) in [4.78, 5) is 4.57. The van der Waals surface area contributed by atoms with Gasteiger partial charge in [-0.05, 0) is 39.7 Å². The van der Waals surface area contributed by atoms with E-state index in [1.54, 1.807) is 13.3 Å². The predicted octanol–water partition coefficient (Wildman–Crippen LogP) is 7.26. The molecule has 0 unspecified atom stereocenters. The maximum Gasteiger partial charge on any atom is 0.203 e. The highest BCUT2D eigenvalue weighted by atomic mass is 79.9. The first kappa shape index (κ1) is 22.3. The van der Waals surface area contributed by atoms with Crippen LogP contribution in [0.25, 0.3) is 11.3 Å². The van der Waals surface area contributed by atoms with Gasteiger partial charge in [-0.1, -0.05) is 60.1 Å². The number of thiazole rings is 1. The fourth-order valence-electron chi connectivity index (χ4n) is 2.95. The second-order valence-electron chi connectivity index (χ2n) is 6.69. The van der Waals surface area contributed by atoms with Crippen LogP contribution in [0.5, 0.6) is 11.5 Å². The Hall–Kier alpha value is -2.87. The minimum absolute atomic E-state index is 0.331. The first-order valence-corrected chi connectivity index (χ1v) is 11.7. The number of ether oxygens (including phenoxy) is 2. The third-order valence-electron chi connectivity index (χ3n) is 4.53. The zero-order chi connectivity index (χ0) is 22.3. The van der Waals surface area contributed by atoms with Gasteiger partial charge in [-0.3, -0.25) is 5.43 Å². The number of rotatable bonds is 8. The fraction of sp³-hybridized carbons (Fsp3) is 0.0833. The van der Waals surface area contributed by atoms with E-state index in [9.17, 15) is 0 Å². The number of nitrogens with one attached hydrogen (secondary N) is 1. The molecule has 0 fully saturated rings. The van der Waals surface area contributed by atoms with E-state index in [2.05, 4.69) is 31.4 Å². The summed E-state index contributed by atoms with van der Waals surface area (Å²) in [5.74, 6) is 1.19. The van der Waals surface area contributed by atoms with Gasteiger partial charge in [-0.2, -0.15) is 5.10 Å². The van der Waals surface area contributed by atoms with E-state index in [0.717, 1.165) is 26.9 Å². The Balaban J connectivity index is 1.44. The van der Waals surface area contributed by atoms with Gasteiger partial charge < -0.3 is 9.47 Å². The average molecular weight is 529 g/mol. The first-order valence-electron chi connectivity index (χ1n) is 9.68. The summed E-state index contributed by atoms with van der Waals surface area (Å²) >= 11 is 11.3. The van der Waals surface area contributed by atoms with Crippen LogP contribution in [-0.4, -0.2) is 18.3 Å². The van der Waals surface area contributed by atoms with Crippen LogP contribution in [0.2, 0.25) is 5.02 Å². The summed E-state index contributed by atoms with van der Waals surface area (Å²) in [6, 6.07) is 21.4. The summed E-state index contributed by atoms with van der Waals surface area (Å²) in [7, 11) is 1.60. The van der Waals surface area contributed by atoms with Crippen molar-refractivity contribution in [2.75, 3.05) is 12.5 Å². The molecule has 0 saturated carbocycles. The SMILES string of the molecule is COc1cc(C=NNc2nc(-c3ccccc3)cs2)cc(Br)c1OCc1ccccc1Cl. The zero-order valence-corrected chi connectivity index (χ0v) is 20.2. The lowest BCUT2D eigenvalue weighted by molar-refractivity contribution is 0.282. The number of halogens is 2. The first-order chi connectivity index (χ1) is 15.6. The third-order valence-corrected chi connectivity index (χ3v) is 6.23. The summed E-state index contributed by atoms with van der Waals surface area (Å²) in [6.07, 6.45) is 1.70. The number of nitrogens with zero attached hydrogens (tertiary/aromatic N) is 2. The molecule has 0 radical (unpaired) electrons. The molecule has 0 aliphatic rings. The summed E-state index contributed by atoms with van der Waals surface area (Å²) in [5, 5.41) is 7.68. The van der Waals surface area contributed by atoms with Crippen LogP contribution in [0.3, 0.4) is 0 Å². The number of anilines is 1. The van der Waals surface area contributed by atoms with Gasteiger partial charge in [0, 0.05) is 21.5 Å². The lowest BCUT2D eigenvalue weighted by atomic mass is 10.2. The molecule has 162 valence electrons. The molecule has 8 heteroatoms. The molecule has 0 bridgehead atoms. The van der Waals surface area contributed by atoms with Gasteiger partial charge in [-0.15, -0.1) is 11.3 Å². The Bertz CT molecular complexity index is 1230. The van der Waals surface area contributed by atoms with Crippen LogP contribution >= 0.6 is 38.9 Å². The summed E-state index contributed by atoms with van der Waals surface area (Å²) in [5.41, 5.74) is 6.71. The zero-order valence-electron chi connectivity index (χ0n) is 17.1. The van der Waals surface area contributed by atoms with Crippen molar-refractivity contribution < 1.29 is 9.47 Å². The van der Waals surface area contributed by atoms with E-state index < -0.39 is 0 Å². The topological polar surface area (TPSA) is 55.7 Å². The van der Waals surface area contributed by atoms with Crippen molar-refractivity contribution in [2.45, 2.75) is 6.61 Å². The van der Waals surface area contributed by atoms with E-state index in [1.165, 1.54) is 11.3 Å². The molecule has 4 aromatic rings. The smallest absolute Gasteiger partial charge is 0.203 e. The van der Waals surface area contributed by atoms with Gasteiger partial charge in [0.25, 0.3) is 0 Å². The molecule has 1 N–H and O–H groups in total. The second kappa shape index (κ2) is 10.6. The lowest BCUT2D eigenvalue weighted by Crippen LogP contribution is -2.00. The molecule has 32 heavy (non-hydrogen) atoms. The Morgan fingerprint density at radius 1 is 1.12 bits per heavy atom. The van der Waals surface area contributed by atoms with Gasteiger partial charge in [0.1, 0.15) is 6.61 Å². The average Bonchev–Trinajstić information content (AvgIpc) is 3.28. The van der Waals surface area contributed by atoms with E-state index in [0.29, 0.717) is 28.3 Å². The monoisotopic (exact) mass is 527 g/mol.